The zero-order chi connectivity index (χ0) is 4.12. The Morgan fingerprint density at radius 2 is 1.60 bits per heavy atom. The molecule has 0 nitrogen and oxygen atoms in total. The molecule has 0 atom stereocenters. The SMILES string of the molecule is C[Se][C][Se]C. The molecule has 30 valence electrons. The molecule has 0 unspecified atom stereocenters. The van der Waals surface area contributed by atoms with Crippen LogP contribution in [-0.2, 0) is 0 Å². The topological polar surface area (TPSA) is 0 Å². The molecule has 0 spiro atoms. The van der Waals surface area contributed by atoms with E-state index in [1.165, 1.54) is 0 Å². The third-order valence-corrected chi connectivity index (χ3v) is 4.50. The number of rotatable bonds is 2. The first kappa shape index (κ1) is 6.04. The molecule has 5 heavy (non-hydrogen) atoms. The summed E-state index contributed by atoms with van der Waals surface area (Å²) in [4.78, 5) is 0. The summed E-state index contributed by atoms with van der Waals surface area (Å²) in [5, 5.41) is 0. The summed E-state index contributed by atoms with van der Waals surface area (Å²) < 4.78 is 3.24. The van der Waals surface area contributed by atoms with Crippen LogP contribution in [0.25, 0.3) is 0 Å². The van der Waals surface area contributed by atoms with Gasteiger partial charge < -0.3 is 0 Å². The van der Waals surface area contributed by atoms with Crippen molar-refractivity contribution in [2.45, 2.75) is 11.6 Å². The van der Waals surface area contributed by atoms with Gasteiger partial charge in [0, 0.05) is 0 Å². The molecule has 0 aliphatic carbocycles. The van der Waals surface area contributed by atoms with Crippen LogP contribution in [0.1, 0.15) is 0 Å². The normalized spacial score (nSPS) is 8.40. The summed E-state index contributed by atoms with van der Waals surface area (Å²) in [7, 11) is 0. The molecule has 0 aromatic heterocycles. The van der Waals surface area contributed by atoms with Crippen LogP contribution in [0, 0.1) is 4.22 Å². The molecule has 0 aliphatic heterocycles. The summed E-state index contributed by atoms with van der Waals surface area (Å²) in [6, 6.07) is 0. The summed E-state index contributed by atoms with van der Waals surface area (Å²) >= 11 is 1.41. The molecule has 0 saturated carbocycles. The van der Waals surface area contributed by atoms with Gasteiger partial charge in [-0.2, -0.15) is 0 Å². The van der Waals surface area contributed by atoms with Crippen LogP contribution in [0.15, 0.2) is 0 Å². The Labute approximate surface area is 46.0 Å². The van der Waals surface area contributed by atoms with Crippen LogP contribution in [0.5, 0.6) is 0 Å². The maximum absolute atomic E-state index is 3.24. The van der Waals surface area contributed by atoms with Crippen molar-refractivity contribution in [2.24, 2.45) is 0 Å². The van der Waals surface area contributed by atoms with Crippen molar-refractivity contribution in [3.63, 3.8) is 0 Å². The third-order valence-electron chi connectivity index (χ3n) is 0.167. The second-order valence-electron chi connectivity index (χ2n) is 0.492. The molecule has 2 radical (unpaired) electrons. The first-order valence-electron chi connectivity index (χ1n) is 1.22. The molecule has 0 amide bonds. The maximum atomic E-state index is 3.24. The quantitative estimate of drug-likeness (QED) is 0.569. The third kappa shape index (κ3) is 5.04. The zero-order valence-electron chi connectivity index (χ0n) is 3.32. The van der Waals surface area contributed by atoms with Gasteiger partial charge >= 0.3 is 45.8 Å². The Hall–Kier alpha value is 1.04. The van der Waals surface area contributed by atoms with Crippen molar-refractivity contribution >= 4 is 29.9 Å². The van der Waals surface area contributed by atoms with Gasteiger partial charge in [-0.25, -0.2) is 0 Å². The van der Waals surface area contributed by atoms with Crippen LogP contribution < -0.4 is 0 Å². The van der Waals surface area contributed by atoms with E-state index in [1.54, 1.807) is 0 Å². The minimum absolute atomic E-state index is 0.703. The van der Waals surface area contributed by atoms with Crippen molar-refractivity contribution in [1.82, 2.24) is 0 Å². The second kappa shape index (κ2) is 5.04. The number of hydrogen-bond donors (Lipinski definition) is 0. The fourth-order valence-corrected chi connectivity index (χ4v) is 2.25. The standard InChI is InChI=1S/C3H6Se2/c1-4-3-5-2/h1-2H3. The summed E-state index contributed by atoms with van der Waals surface area (Å²) in [5.74, 6) is 4.36. The van der Waals surface area contributed by atoms with Crippen LogP contribution >= 0.6 is 0 Å². The molecule has 0 fully saturated rings. The van der Waals surface area contributed by atoms with Crippen LogP contribution in [0.4, 0.5) is 0 Å². The van der Waals surface area contributed by atoms with Gasteiger partial charge in [0.05, 0.1) is 0 Å². The van der Waals surface area contributed by atoms with E-state index < -0.39 is 0 Å². The molecule has 0 bridgehead atoms. The Balaban J connectivity index is 2.19. The molecule has 0 N–H and O–H groups in total. The van der Waals surface area contributed by atoms with Gasteiger partial charge in [-0.05, 0) is 0 Å². The monoisotopic (exact) mass is 202 g/mol. The fraction of sp³-hybridized carbons (Fsp3) is 0.667. The van der Waals surface area contributed by atoms with E-state index >= 15 is 0 Å². The molecule has 0 saturated heterocycles. The predicted molar refractivity (Wildman–Crippen MR) is 26.5 cm³/mol. The average Bonchev–Trinajstić information content (AvgIpc) is 1.41. The van der Waals surface area contributed by atoms with Crippen molar-refractivity contribution in [2.75, 3.05) is 0 Å². The van der Waals surface area contributed by atoms with Gasteiger partial charge in [-0.3, -0.25) is 0 Å². The van der Waals surface area contributed by atoms with E-state index in [-0.39, 0.29) is 0 Å². The van der Waals surface area contributed by atoms with Crippen LogP contribution in [0.2, 0.25) is 11.6 Å². The fourth-order valence-electron chi connectivity index (χ4n) is 0.0833. The van der Waals surface area contributed by atoms with Crippen molar-refractivity contribution < 1.29 is 0 Å². The van der Waals surface area contributed by atoms with Gasteiger partial charge in [-0.15, -0.1) is 0 Å². The first-order valence-corrected chi connectivity index (χ1v) is 6.36. The van der Waals surface area contributed by atoms with E-state index in [0.29, 0.717) is 29.9 Å². The van der Waals surface area contributed by atoms with Crippen LogP contribution in [0.3, 0.4) is 0 Å². The Kier molecular flexibility index (Phi) is 6.09. The average molecular weight is 200 g/mol. The Morgan fingerprint density at radius 1 is 1.20 bits per heavy atom. The molecule has 0 heterocycles. The minimum atomic E-state index is 0.703. The van der Waals surface area contributed by atoms with E-state index in [9.17, 15) is 0 Å². The van der Waals surface area contributed by atoms with Gasteiger partial charge in [0.25, 0.3) is 0 Å². The van der Waals surface area contributed by atoms with E-state index in [2.05, 4.69) is 15.9 Å². The van der Waals surface area contributed by atoms with Gasteiger partial charge in [0.15, 0.2) is 0 Å². The molecule has 0 aromatic rings. The summed E-state index contributed by atoms with van der Waals surface area (Å²) in [6.45, 7) is 0. The van der Waals surface area contributed by atoms with Crippen LogP contribution in [-0.4, -0.2) is 29.9 Å². The van der Waals surface area contributed by atoms with Gasteiger partial charge in [-0.1, -0.05) is 0 Å². The molecule has 2 heteroatoms. The van der Waals surface area contributed by atoms with Gasteiger partial charge in [0.2, 0.25) is 0 Å². The Bertz CT molecular complexity index is 12.4. The summed E-state index contributed by atoms with van der Waals surface area (Å²) in [5.41, 5.74) is 0. The molecule has 0 aromatic carbocycles. The molecular weight excluding hydrogens is 194 g/mol. The summed E-state index contributed by atoms with van der Waals surface area (Å²) in [6.07, 6.45) is 0. The van der Waals surface area contributed by atoms with Crippen molar-refractivity contribution in [1.29, 1.82) is 0 Å². The Morgan fingerprint density at radius 3 is 1.60 bits per heavy atom. The van der Waals surface area contributed by atoms with E-state index in [0.717, 1.165) is 0 Å². The molecule has 0 rings (SSSR count). The van der Waals surface area contributed by atoms with Crippen molar-refractivity contribution in [3.8, 4) is 0 Å². The second-order valence-corrected chi connectivity index (χ2v) is 4.37. The van der Waals surface area contributed by atoms with Crippen molar-refractivity contribution in [3.05, 3.63) is 4.22 Å². The number of hydrogen-bond acceptors (Lipinski definition) is 0. The zero-order valence-corrected chi connectivity index (χ0v) is 6.74. The molecule has 0 aliphatic rings. The predicted octanol–water partition coefficient (Wildman–Crippen LogP) is 0.487. The van der Waals surface area contributed by atoms with E-state index in [1.807, 2.05) is 0 Å². The van der Waals surface area contributed by atoms with E-state index in [4.69, 9.17) is 0 Å². The molecular formula is C3H6Se2. The van der Waals surface area contributed by atoms with Gasteiger partial charge in [0.1, 0.15) is 0 Å². The first-order chi connectivity index (χ1) is 2.41.